The number of halogens is 2. The fourth-order valence-corrected chi connectivity index (χ4v) is 6.39. The second-order valence-electron chi connectivity index (χ2n) is 11.9. The third kappa shape index (κ3) is 5.61. The minimum absolute atomic E-state index is 0.230. The van der Waals surface area contributed by atoms with E-state index in [4.69, 9.17) is 24.4 Å². The molecule has 6 heterocycles. The van der Waals surface area contributed by atoms with Crippen molar-refractivity contribution in [2.75, 3.05) is 85.7 Å². The van der Waals surface area contributed by atoms with E-state index in [0.717, 1.165) is 72.8 Å². The van der Waals surface area contributed by atoms with Crippen LogP contribution in [0.3, 0.4) is 0 Å². The zero-order valence-corrected chi connectivity index (χ0v) is 25.2. The van der Waals surface area contributed by atoms with Crippen LogP contribution in [0.15, 0.2) is 42.7 Å². The number of rotatable bonds is 6. The SMILES string of the molecule is Cc1c(-c2ccc(N3CCC(C)C3)nc2)nc2cc(F)cc(F)c2c1Nc1cc(N2CCOCC2)cnc1N1CCOCC1. The number of hydrogen-bond donors (Lipinski definition) is 1. The number of hydrogen-bond acceptors (Lipinski definition) is 9. The van der Waals surface area contributed by atoms with Crippen LogP contribution in [0, 0.1) is 24.5 Å². The Balaban J connectivity index is 1.33. The second-order valence-corrected chi connectivity index (χ2v) is 11.9. The second kappa shape index (κ2) is 12.1. The standard InChI is InChI=1S/C33H37F2N7O2/c1-21-5-6-42(20-21)29-4-3-23(18-36-29)31-22(2)32(30-26(35)15-24(34)16-27(30)38-31)39-28-17-25(40-7-11-43-12-8-40)19-37-33(28)41-9-13-44-14-10-41/h3-4,15-19,21H,5-14,20H2,1-2H3,(H,38,39). The zero-order chi connectivity index (χ0) is 30.2. The van der Waals surface area contributed by atoms with E-state index >= 15 is 4.39 Å². The Kier molecular flexibility index (Phi) is 7.90. The van der Waals surface area contributed by atoms with Crippen LogP contribution in [-0.2, 0) is 9.47 Å². The van der Waals surface area contributed by atoms with Gasteiger partial charge in [0, 0.05) is 63.2 Å². The summed E-state index contributed by atoms with van der Waals surface area (Å²) in [5, 5.41) is 3.79. The maximum atomic E-state index is 15.6. The van der Waals surface area contributed by atoms with Gasteiger partial charge >= 0.3 is 0 Å². The maximum Gasteiger partial charge on any atom is 0.152 e. The highest BCUT2D eigenvalue weighted by atomic mass is 19.1. The maximum absolute atomic E-state index is 15.6. The van der Waals surface area contributed by atoms with Crippen molar-refractivity contribution >= 4 is 39.6 Å². The predicted octanol–water partition coefficient (Wildman–Crippen LogP) is 5.54. The third-order valence-electron chi connectivity index (χ3n) is 8.81. The van der Waals surface area contributed by atoms with Crippen molar-refractivity contribution in [2.45, 2.75) is 20.3 Å². The Labute approximate surface area is 255 Å². The lowest BCUT2D eigenvalue weighted by Gasteiger charge is -2.32. The molecule has 3 aliphatic heterocycles. The molecule has 230 valence electrons. The van der Waals surface area contributed by atoms with Crippen LogP contribution in [0.5, 0.6) is 0 Å². The van der Waals surface area contributed by atoms with E-state index in [-0.39, 0.29) is 10.9 Å². The highest BCUT2D eigenvalue weighted by molar-refractivity contribution is 5.99. The van der Waals surface area contributed by atoms with Crippen molar-refractivity contribution in [3.63, 3.8) is 0 Å². The summed E-state index contributed by atoms with van der Waals surface area (Å²) in [6, 6.07) is 8.25. The minimum Gasteiger partial charge on any atom is -0.378 e. The van der Waals surface area contributed by atoms with Crippen molar-refractivity contribution in [3.05, 3.63) is 59.9 Å². The Morgan fingerprint density at radius 1 is 0.864 bits per heavy atom. The van der Waals surface area contributed by atoms with Crippen LogP contribution in [0.25, 0.3) is 22.2 Å². The van der Waals surface area contributed by atoms with Gasteiger partial charge in [0.25, 0.3) is 0 Å². The molecule has 1 unspecified atom stereocenters. The molecule has 0 saturated carbocycles. The van der Waals surface area contributed by atoms with Gasteiger partial charge in [0.15, 0.2) is 5.82 Å². The normalized spacial score (nSPS) is 19.2. The van der Waals surface area contributed by atoms with Gasteiger partial charge in [-0.3, -0.25) is 0 Å². The van der Waals surface area contributed by atoms with E-state index < -0.39 is 11.6 Å². The molecular formula is C33H37F2N7O2. The topological polar surface area (TPSA) is 78.9 Å². The number of anilines is 5. The van der Waals surface area contributed by atoms with Crippen LogP contribution in [0.2, 0.25) is 0 Å². The molecule has 3 saturated heterocycles. The van der Waals surface area contributed by atoms with Gasteiger partial charge in [-0.05, 0) is 43.0 Å². The molecule has 0 bridgehead atoms. The van der Waals surface area contributed by atoms with E-state index in [1.54, 1.807) is 6.20 Å². The molecule has 3 fully saturated rings. The molecule has 0 amide bonds. The molecule has 3 aliphatic rings. The van der Waals surface area contributed by atoms with Gasteiger partial charge in [0.1, 0.15) is 17.5 Å². The van der Waals surface area contributed by atoms with Gasteiger partial charge in [0.2, 0.25) is 0 Å². The van der Waals surface area contributed by atoms with Crippen LogP contribution in [0.1, 0.15) is 18.9 Å². The van der Waals surface area contributed by atoms with Crippen LogP contribution in [0.4, 0.5) is 37.5 Å². The van der Waals surface area contributed by atoms with Crippen LogP contribution >= 0.6 is 0 Å². The van der Waals surface area contributed by atoms with E-state index in [0.29, 0.717) is 56.8 Å². The minimum atomic E-state index is -0.676. The van der Waals surface area contributed by atoms with Gasteiger partial charge in [-0.25, -0.2) is 23.7 Å². The molecule has 1 N–H and O–H groups in total. The Morgan fingerprint density at radius 2 is 1.61 bits per heavy atom. The first kappa shape index (κ1) is 28.7. The molecule has 0 aliphatic carbocycles. The Morgan fingerprint density at radius 3 is 2.30 bits per heavy atom. The third-order valence-corrected chi connectivity index (χ3v) is 8.81. The average Bonchev–Trinajstić information content (AvgIpc) is 3.49. The Bertz CT molecular complexity index is 1660. The average molecular weight is 602 g/mol. The van der Waals surface area contributed by atoms with Crippen molar-refractivity contribution < 1.29 is 18.3 Å². The molecule has 0 spiro atoms. The molecule has 7 rings (SSSR count). The first-order valence-electron chi connectivity index (χ1n) is 15.4. The van der Waals surface area contributed by atoms with E-state index in [2.05, 4.69) is 33.0 Å². The summed E-state index contributed by atoms with van der Waals surface area (Å²) in [6.45, 7) is 11.5. The number of nitrogens with one attached hydrogen (secondary N) is 1. The molecular weight excluding hydrogens is 564 g/mol. The molecule has 3 aromatic heterocycles. The summed E-state index contributed by atoms with van der Waals surface area (Å²) >= 11 is 0. The molecule has 1 atom stereocenters. The number of nitrogens with zero attached hydrogens (tertiary/aromatic N) is 6. The number of aromatic nitrogens is 3. The first-order valence-corrected chi connectivity index (χ1v) is 15.4. The van der Waals surface area contributed by atoms with E-state index in [1.165, 1.54) is 6.07 Å². The summed E-state index contributed by atoms with van der Waals surface area (Å²) in [7, 11) is 0. The lowest BCUT2D eigenvalue weighted by Crippen LogP contribution is -2.38. The van der Waals surface area contributed by atoms with Gasteiger partial charge in [-0.15, -0.1) is 0 Å². The molecule has 9 nitrogen and oxygen atoms in total. The highest BCUT2D eigenvalue weighted by Crippen LogP contribution is 2.40. The van der Waals surface area contributed by atoms with Crippen molar-refractivity contribution in [3.8, 4) is 11.3 Å². The largest absolute Gasteiger partial charge is 0.378 e. The molecule has 1 aromatic carbocycles. The predicted molar refractivity (Wildman–Crippen MR) is 169 cm³/mol. The van der Waals surface area contributed by atoms with Gasteiger partial charge < -0.3 is 29.5 Å². The summed E-state index contributed by atoms with van der Waals surface area (Å²) < 4.78 is 41.3. The summed E-state index contributed by atoms with van der Waals surface area (Å²) in [5.41, 5.74) is 4.57. The quantitative estimate of drug-likeness (QED) is 0.307. The fourth-order valence-electron chi connectivity index (χ4n) is 6.39. The number of ether oxygens (including phenoxy) is 2. The summed E-state index contributed by atoms with van der Waals surface area (Å²) in [5.74, 6) is 0.965. The smallest absolute Gasteiger partial charge is 0.152 e. The number of benzene rings is 1. The molecule has 11 heteroatoms. The molecule has 4 aromatic rings. The summed E-state index contributed by atoms with van der Waals surface area (Å²) in [4.78, 5) is 21.1. The van der Waals surface area contributed by atoms with Crippen LogP contribution < -0.4 is 20.0 Å². The van der Waals surface area contributed by atoms with E-state index in [9.17, 15) is 4.39 Å². The zero-order valence-electron chi connectivity index (χ0n) is 25.2. The number of morpholine rings is 2. The lowest BCUT2D eigenvalue weighted by molar-refractivity contribution is 0.122. The van der Waals surface area contributed by atoms with Crippen molar-refractivity contribution in [1.82, 2.24) is 15.0 Å². The van der Waals surface area contributed by atoms with Gasteiger partial charge in [0.05, 0.1) is 66.3 Å². The van der Waals surface area contributed by atoms with Crippen LogP contribution in [-0.4, -0.2) is 80.6 Å². The monoisotopic (exact) mass is 601 g/mol. The van der Waals surface area contributed by atoms with E-state index in [1.807, 2.05) is 25.3 Å². The molecule has 0 radical (unpaired) electrons. The number of fused-ring (bicyclic) bond motifs is 1. The number of pyridine rings is 3. The van der Waals surface area contributed by atoms with Gasteiger partial charge in [-0.1, -0.05) is 6.92 Å². The highest BCUT2D eigenvalue weighted by Gasteiger charge is 2.24. The first-order chi connectivity index (χ1) is 21.4. The summed E-state index contributed by atoms with van der Waals surface area (Å²) in [6.07, 6.45) is 4.84. The fraction of sp³-hybridized carbons (Fsp3) is 0.424. The van der Waals surface area contributed by atoms with Crippen molar-refractivity contribution in [2.24, 2.45) is 5.92 Å². The van der Waals surface area contributed by atoms with Gasteiger partial charge in [-0.2, -0.15) is 0 Å². The van der Waals surface area contributed by atoms with Crippen molar-refractivity contribution in [1.29, 1.82) is 0 Å². The Hall–Kier alpha value is -4.09. The molecule has 44 heavy (non-hydrogen) atoms. The lowest BCUT2D eigenvalue weighted by atomic mass is 10.0.